The summed E-state index contributed by atoms with van der Waals surface area (Å²) in [5, 5.41) is 22.0. The molecule has 1 aromatic carbocycles. The Morgan fingerprint density at radius 2 is 1.86 bits per heavy atom. The SMILES string of the molecule is CCOC(=O)[C@H]1C(=O)C[C@](C)(O)[C@@H](C(=O)OCC)[C@@H]1c1cccc([N+](=O)[O-])c1. The maximum absolute atomic E-state index is 12.7. The molecule has 9 nitrogen and oxygen atoms in total. The summed E-state index contributed by atoms with van der Waals surface area (Å²) < 4.78 is 10.1. The van der Waals surface area contributed by atoms with Crippen molar-refractivity contribution in [3.63, 3.8) is 0 Å². The molecule has 0 aliphatic heterocycles. The molecule has 9 heteroatoms. The largest absolute Gasteiger partial charge is 0.466 e. The molecule has 0 aromatic heterocycles. The standard InChI is InChI=1S/C19H23NO8/c1-4-27-17(22)15-13(21)10-19(3,24)16(18(23)28-5-2)14(15)11-7-6-8-12(9-11)20(25)26/h6-9,14-16,24H,4-5,10H2,1-3H3/t14-,15+,16-,19+/m1/s1. The molecule has 0 bridgehead atoms. The Morgan fingerprint density at radius 3 is 2.43 bits per heavy atom. The predicted molar refractivity (Wildman–Crippen MR) is 96.3 cm³/mol. The highest BCUT2D eigenvalue weighted by Gasteiger charge is 2.57. The highest BCUT2D eigenvalue weighted by molar-refractivity contribution is 6.02. The molecule has 2 rings (SSSR count). The zero-order valence-electron chi connectivity index (χ0n) is 15.9. The fourth-order valence-corrected chi connectivity index (χ4v) is 3.73. The predicted octanol–water partition coefficient (Wildman–Crippen LogP) is 1.76. The van der Waals surface area contributed by atoms with Gasteiger partial charge in [0.15, 0.2) is 5.78 Å². The first kappa shape index (κ1) is 21.5. The smallest absolute Gasteiger partial charge is 0.317 e. The van der Waals surface area contributed by atoms with Crippen LogP contribution in [0, 0.1) is 22.0 Å². The summed E-state index contributed by atoms with van der Waals surface area (Å²) in [6.07, 6.45) is -0.439. The van der Waals surface area contributed by atoms with Gasteiger partial charge in [0.25, 0.3) is 5.69 Å². The van der Waals surface area contributed by atoms with Crippen molar-refractivity contribution in [3.8, 4) is 0 Å². The Hall–Kier alpha value is -2.81. The van der Waals surface area contributed by atoms with E-state index in [0.29, 0.717) is 0 Å². The van der Waals surface area contributed by atoms with Crippen LogP contribution in [0.3, 0.4) is 0 Å². The van der Waals surface area contributed by atoms with Gasteiger partial charge in [-0.25, -0.2) is 0 Å². The van der Waals surface area contributed by atoms with E-state index in [1.54, 1.807) is 13.8 Å². The van der Waals surface area contributed by atoms with Crippen LogP contribution >= 0.6 is 0 Å². The number of nitro groups is 1. The minimum absolute atomic E-state index is 0.0186. The number of non-ortho nitro benzene ring substituents is 1. The van der Waals surface area contributed by atoms with Crippen LogP contribution in [0.15, 0.2) is 24.3 Å². The summed E-state index contributed by atoms with van der Waals surface area (Å²) in [4.78, 5) is 48.5. The number of aliphatic hydroxyl groups is 1. The number of hydrogen-bond acceptors (Lipinski definition) is 8. The first-order valence-electron chi connectivity index (χ1n) is 8.96. The number of benzene rings is 1. The van der Waals surface area contributed by atoms with Gasteiger partial charge in [0, 0.05) is 24.5 Å². The van der Waals surface area contributed by atoms with Crippen LogP contribution in [0.2, 0.25) is 0 Å². The van der Waals surface area contributed by atoms with Crippen LogP contribution in [0.5, 0.6) is 0 Å². The number of Topliss-reactive ketones (excluding diaryl/α,β-unsaturated/α-hetero) is 1. The van der Waals surface area contributed by atoms with Crippen LogP contribution < -0.4 is 0 Å². The molecule has 0 amide bonds. The molecule has 1 N–H and O–H groups in total. The van der Waals surface area contributed by atoms with Crippen LogP contribution in [0.25, 0.3) is 0 Å². The number of carbonyl (C=O) groups is 3. The van der Waals surface area contributed by atoms with Crippen LogP contribution in [0.1, 0.15) is 38.7 Å². The lowest BCUT2D eigenvalue weighted by atomic mass is 9.61. The van der Waals surface area contributed by atoms with Gasteiger partial charge in [-0.3, -0.25) is 24.5 Å². The highest BCUT2D eigenvalue weighted by atomic mass is 16.6. The molecule has 28 heavy (non-hydrogen) atoms. The van der Waals surface area contributed by atoms with E-state index in [2.05, 4.69) is 0 Å². The normalized spacial score (nSPS) is 27.1. The second-order valence-electron chi connectivity index (χ2n) is 6.84. The first-order valence-corrected chi connectivity index (χ1v) is 8.96. The Labute approximate surface area is 161 Å². The van der Waals surface area contributed by atoms with Gasteiger partial charge in [0.2, 0.25) is 0 Å². The average Bonchev–Trinajstić information content (AvgIpc) is 2.60. The third-order valence-electron chi connectivity index (χ3n) is 4.81. The van der Waals surface area contributed by atoms with Gasteiger partial charge < -0.3 is 14.6 Å². The van der Waals surface area contributed by atoms with Gasteiger partial charge in [-0.1, -0.05) is 12.1 Å². The van der Waals surface area contributed by atoms with Crippen molar-refractivity contribution in [3.05, 3.63) is 39.9 Å². The molecule has 0 radical (unpaired) electrons. The van der Waals surface area contributed by atoms with E-state index in [1.807, 2.05) is 0 Å². The number of nitro benzene ring substituents is 1. The minimum Gasteiger partial charge on any atom is -0.466 e. The van der Waals surface area contributed by atoms with Gasteiger partial charge in [-0.2, -0.15) is 0 Å². The van der Waals surface area contributed by atoms with E-state index < -0.39 is 52.4 Å². The van der Waals surface area contributed by atoms with Gasteiger partial charge in [-0.05, 0) is 26.3 Å². The van der Waals surface area contributed by atoms with Crippen molar-refractivity contribution in [2.75, 3.05) is 13.2 Å². The molecule has 152 valence electrons. The van der Waals surface area contributed by atoms with Crippen molar-refractivity contribution >= 4 is 23.4 Å². The van der Waals surface area contributed by atoms with Gasteiger partial charge in [0.1, 0.15) is 5.92 Å². The fourth-order valence-electron chi connectivity index (χ4n) is 3.73. The maximum atomic E-state index is 12.7. The zero-order chi connectivity index (χ0) is 21.1. The molecular formula is C19H23NO8. The molecule has 0 spiro atoms. The number of esters is 2. The summed E-state index contributed by atoms with van der Waals surface area (Å²) in [6, 6.07) is 5.32. The molecule has 0 saturated heterocycles. The molecule has 1 saturated carbocycles. The van der Waals surface area contributed by atoms with E-state index in [4.69, 9.17) is 9.47 Å². The van der Waals surface area contributed by atoms with Gasteiger partial charge in [0.05, 0.1) is 29.7 Å². The quantitative estimate of drug-likeness (QED) is 0.334. The lowest BCUT2D eigenvalue weighted by Gasteiger charge is -2.43. The van der Waals surface area contributed by atoms with Crippen molar-refractivity contribution in [1.82, 2.24) is 0 Å². The molecule has 4 atom stereocenters. The van der Waals surface area contributed by atoms with E-state index in [9.17, 15) is 29.6 Å². The monoisotopic (exact) mass is 393 g/mol. The molecule has 1 aromatic rings. The first-order chi connectivity index (χ1) is 13.1. The topological polar surface area (TPSA) is 133 Å². The third-order valence-corrected chi connectivity index (χ3v) is 4.81. The molecule has 1 aliphatic carbocycles. The fraction of sp³-hybridized carbons (Fsp3) is 0.526. The van der Waals surface area contributed by atoms with Crippen molar-refractivity contribution < 1.29 is 33.9 Å². The summed E-state index contributed by atoms with van der Waals surface area (Å²) in [7, 11) is 0. The van der Waals surface area contributed by atoms with Gasteiger partial charge in [-0.15, -0.1) is 0 Å². The Kier molecular flexibility index (Phi) is 6.50. The summed E-state index contributed by atoms with van der Waals surface area (Å²) >= 11 is 0. The van der Waals surface area contributed by atoms with Crippen molar-refractivity contribution in [2.45, 2.75) is 38.7 Å². The Morgan fingerprint density at radius 1 is 1.25 bits per heavy atom. The van der Waals surface area contributed by atoms with E-state index in [0.717, 1.165) is 0 Å². The summed E-state index contributed by atoms with van der Waals surface area (Å²) in [5.74, 6) is -6.03. The second-order valence-corrected chi connectivity index (χ2v) is 6.84. The lowest BCUT2D eigenvalue weighted by molar-refractivity contribution is -0.385. The molecular weight excluding hydrogens is 370 g/mol. The number of ketones is 1. The second kappa shape index (κ2) is 8.47. The molecule has 0 unspecified atom stereocenters. The molecule has 0 heterocycles. The number of ether oxygens (including phenoxy) is 2. The Bertz CT molecular complexity index is 788. The van der Waals surface area contributed by atoms with Crippen LogP contribution in [-0.4, -0.2) is 46.6 Å². The number of nitrogens with zero attached hydrogens (tertiary/aromatic N) is 1. The van der Waals surface area contributed by atoms with Crippen molar-refractivity contribution in [1.29, 1.82) is 0 Å². The van der Waals surface area contributed by atoms with E-state index >= 15 is 0 Å². The summed E-state index contributed by atoms with van der Waals surface area (Å²) in [6.45, 7) is 4.53. The third kappa shape index (κ3) is 4.19. The van der Waals surface area contributed by atoms with Crippen LogP contribution in [0.4, 0.5) is 5.69 Å². The number of carbonyl (C=O) groups excluding carboxylic acids is 3. The number of rotatable bonds is 6. The average molecular weight is 393 g/mol. The maximum Gasteiger partial charge on any atom is 0.317 e. The molecule has 1 aliphatic rings. The lowest BCUT2D eigenvalue weighted by Crippen LogP contribution is -2.55. The highest BCUT2D eigenvalue weighted by Crippen LogP contribution is 2.47. The minimum atomic E-state index is -1.79. The zero-order valence-corrected chi connectivity index (χ0v) is 15.9. The van der Waals surface area contributed by atoms with Gasteiger partial charge >= 0.3 is 11.9 Å². The molecule has 1 fully saturated rings. The van der Waals surface area contributed by atoms with E-state index in [-0.39, 0.29) is 24.5 Å². The van der Waals surface area contributed by atoms with E-state index in [1.165, 1.54) is 31.2 Å². The number of hydrogen-bond donors (Lipinski definition) is 1. The van der Waals surface area contributed by atoms with Crippen LogP contribution in [-0.2, 0) is 23.9 Å². The summed E-state index contributed by atoms with van der Waals surface area (Å²) in [5.41, 5.74) is -1.85. The Balaban J connectivity index is 2.67. The van der Waals surface area contributed by atoms with Crippen molar-refractivity contribution in [2.24, 2.45) is 11.8 Å².